The molecule has 1 aromatic carbocycles. The molecule has 0 amide bonds. The van der Waals surface area contributed by atoms with Crippen molar-refractivity contribution in [2.45, 2.75) is 26.4 Å². The van der Waals surface area contributed by atoms with Crippen LogP contribution in [0.25, 0.3) is 0 Å². The van der Waals surface area contributed by atoms with E-state index in [1.54, 1.807) is 6.20 Å². The summed E-state index contributed by atoms with van der Waals surface area (Å²) in [5.41, 5.74) is 1.22. The van der Waals surface area contributed by atoms with Crippen LogP contribution in [0.3, 0.4) is 0 Å². The maximum atomic E-state index is 5.81. The first-order chi connectivity index (χ1) is 10.3. The van der Waals surface area contributed by atoms with E-state index >= 15 is 0 Å². The first-order valence-corrected chi connectivity index (χ1v) is 7.38. The Bertz CT molecular complexity index is 609. The van der Waals surface area contributed by atoms with Gasteiger partial charge in [-0.25, -0.2) is 4.98 Å². The van der Waals surface area contributed by atoms with Crippen LogP contribution in [-0.2, 0) is 6.54 Å². The number of fused-ring (bicyclic) bond motifs is 1. The monoisotopic (exact) mass is 287 g/mol. The van der Waals surface area contributed by atoms with E-state index < -0.39 is 0 Å². The fourth-order valence-corrected chi connectivity index (χ4v) is 2.60. The van der Waals surface area contributed by atoms with Crippen LogP contribution in [0.15, 0.2) is 30.6 Å². The fourth-order valence-electron chi connectivity index (χ4n) is 2.60. The van der Waals surface area contributed by atoms with Gasteiger partial charge in [0, 0.05) is 24.0 Å². The molecule has 0 radical (unpaired) electrons. The standard InChI is InChI=1S/C16H21N3O2/c1-3-17-15-11-21-16-10-13(4-5-14(15)16)20-9-8-19-7-6-18-12(19)2/h4-7,10,15,17H,3,8-9,11H2,1-2H3. The quantitative estimate of drug-likeness (QED) is 0.886. The summed E-state index contributed by atoms with van der Waals surface area (Å²) in [6.45, 7) is 7.14. The smallest absolute Gasteiger partial charge is 0.127 e. The Morgan fingerprint density at radius 3 is 3.14 bits per heavy atom. The van der Waals surface area contributed by atoms with Crippen molar-refractivity contribution >= 4 is 0 Å². The highest BCUT2D eigenvalue weighted by Gasteiger charge is 2.23. The van der Waals surface area contributed by atoms with Gasteiger partial charge in [0.15, 0.2) is 0 Å². The van der Waals surface area contributed by atoms with E-state index in [0.29, 0.717) is 19.3 Å². The van der Waals surface area contributed by atoms with Gasteiger partial charge in [0.05, 0.1) is 12.6 Å². The number of rotatable bonds is 6. The Morgan fingerprint density at radius 2 is 2.38 bits per heavy atom. The molecule has 5 heteroatoms. The molecule has 2 aromatic rings. The fraction of sp³-hybridized carbons (Fsp3) is 0.438. The summed E-state index contributed by atoms with van der Waals surface area (Å²) in [6.07, 6.45) is 3.77. The third kappa shape index (κ3) is 3.03. The molecule has 1 N–H and O–H groups in total. The van der Waals surface area contributed by atoms with E-state index in [2.05, 4.69) is 27.9 Å². The van der Waals surface area contributed by atoms with E-state index in [4.69, 9.17) is 9.47 Å². The van der Waals surface area contributed by atoms with Crippen LogP contribution in [0.1, 0.15) is 24.4 Å². The molecular formula is C16H21N3O2. The number of hydrogen-bond acceptors (Lipinski definition) is 4. The van der Waals surface area contributed by atoms with Gasteiger partial charge in [0.25, 0.3) is 0 Å². The Morgan fingerprint density at radius 1 is 1.48 bits per heavy atom. The van der Waals surface area contributed by atoms with E-state index in [-0.39, 0.29) is 0 Å². The Kier molecular flexibility index (Phi) is 4.10. The minimum Gasteiger partial charge on any atom is -0.492 e. The summed E-state index contributed by atoms with van der Waals surface area (Å²) in [6, 6.07) is 6.38. The van der Waals surface area contributed by atoms with Gasteiger partial charge < -0.3 is 19.4 Å². The summed E-state index contributed by atoms with van der Waals surface area (Å²) >= 11 is 0. The lowest BCUT2D eigenvalue weighted by molar-refractivity contribution is 0.291. The molecule has 21 heavy (non-hydrogen) atoms. The molecule has 112 valence electrons. The maximum absolute atomic E-state index is 5.81. The number of hydrogen-bond donors (Lipinski definition) is 1. The van der Waals surface area contributed by atoms with Crippen LogP contribution in [0.5, 0.6) is 11.5 Å². The van der Waals surface area contributed by atoms with Crippen molar-refractivity contribution < 1.29 is 9.47 Å². The lowest BCUT2D eigenvalue weighted by atomic mass is 10.1. The highest BCUT2D eigenvalue weighted by Crippen LogP contribution is 2.35. The molecule has 1 aliphatic rings. The van der Waals surface area contributed by atoms with E-state index in [1.807, 2.05) is 25.3 Å². The van der Waals surface area contributed by atoms with Gasteiger partial charge in [0.1, 0.15) is 30.5 Å². The van der Waals surface area contributed by atoms with E-state index in [0.717, 1.165) is 30.4 Å². The zero-order valence-electron chi connectivity index (χ0n) is 12.5. The summed E-state index contributed by atoms with van der Waals surface area (Å²) in [4.78, 5) is 4.20. The van der Waals surface area contributed by atoms with Crippen LogP contribution >= 0.6 is 0 Å². The van der Waals surface area contributed by atoms with Crippen molar-refractivity contribution in [1.82, 2.24) is 14.9 Å². The normalized spacial score (nSPS) is 16.6. The minimum absolute atomic E-state index is 0.299. The third-order valence-corrected chi connectivity index (χ3v) is 3.74. The first-order valence-electron chi connectivity index (χ1n) is 7.38. The predicted octanol–water partition coefficient (Wildman–Crippen LogP) is 2.31. The minimum atomic E-state index is 0.299. The second-order valence-corrected chi connectivity index (χ2v) is 5.14. The van der Waals surface area contributed by atoms with Crippen molar-refractivity contribution in [3.8, 4) is 11.5 Å². The van der Waals surface area contributed by atoms with Crippen LogP contribution in [0, 0.1) is 6.92 Å². The Balaban J connectivity index is 1.59. The maximum Gasteiger partial charge on any atom is 0.127 e. The second-order valence-electron chi connectivity index (χ2n) is 5.14. The number of aryl methyl sites for hydroxylation is 1. The summed E-state index contributed by atoms with van der Waals surface area (Å²) in [5, 5.41) is 3.41. The molecule has 0 bridgehead atoms. The third-order valence-electron chi connectivity index (χ3n) is 3.74. The zero-order chi connectivity index (χ0) is 14.7. The predicted molar refractivity (Wildman–Crippen MR) is 80.8 cm³/mol. The van der Waals surface area contributed by atoms with Crippen LogP contribution in [-0.4, -0.2) is 29.3 Å². The van der Waals surface area contributed by atoms with Gasteiger partial charge in [-0.2, -0.15) is 0 Å². The Hall–Kier alpha value is -2.01. The summed E-state index contributed by atoms with van der Waals surface area (Å²) in [5.74, 6) is 2.78. The van der Waals surface area contributed by atoms with Crippen LogP contribution < -0.4 is 14.8 Å². The van der Waals surface area contributed by atoms with E-state index in [1.165, 1.54) is 5.56 Å². The summed E-state index contributed by atoms with van der Waals surface area (Å²) in [7, 11) is 0. The van der Waals surface area contributed by atoms with Gasteiger partial charge in [0.2, 0.25) is 0 Å². The highest BCUT2D eigenvalue weighted by atomic mass is 16.5. The first kappa shape index (κ1) is 13.9. The molecule has 1 atom stereocenters. The van der Waals surface area contributed by atoms with Crippen LogP contribution in [0.4, 0.5) is 0 Å². The molecular weight excluding hydrogens is 266 g/mol. The van der Waals surface area contributed by atoms with Crippen molar-refractivity contribution in [3.05, 3.63) is 42.0 Å². The second kappa shape index (κ2) is 6.18. The Labute approximate surface area is 124 Å². The number of benzene rings is 1. The van der Waals surface area contributed by atoms with E-state index in [9.17, 15) is 0 Å². The number of nitrogens with zero attached hydrogens (tertiary/aromatic N) is 2. The molecule has 0 spiro atoms. The molecule has 3 rings (SSSR count). The van der Waals surface area contributed by atoms with Crippen molar-refractivity contribution in [3.63, 3.8) is 0 Å². The highest BCUT2D eigenvalue weighted by molar-refractivity contribution is 5.45. The molecule has 5 nitrogen and oxygen atoms in total. The number of likely N-dealkylation sites (N-methyl/N-ethyl adjacent to an activating group) is 1. The van der Waals surface area contributed by atoms with Gasteiger partial charge in [-0.15, -0.1) is 0 Å². The number of imidazole rings is 1. The molecule has 0 saturated heterocycles. The average molecular weight is 287 g/mol. The summed E-state index contributed by atoms with van der Waals surface area (Å²) < 4.78 is 13.6. The van der Waals surface area contributed by atoms with Gasteiger partial charge >= 0.3 is 0 Å². The van der Waals surface area contributed by atoms with Crippen molar-refractivity contribution in [1.29, 1.82) is 0 Å². The SMILES string of the molecule is CCNC1COc2cc(OCCn3ccnc3C)ccc21. The largest absolute Gasteiger partial charge is 0.492 e. The number of aromatic nitrogens is 2. The van der Waals surface area contributed by atoms with Crippen molar-refractivity contribution in [2.24, 2.45) is 0 Å². The topological polar surface area (TPSA) is 48.3 Å². The van der Waals surface area contributed by atoms with Crippen molar-refractivity contribution in [2.75, 3.05) is 19.8 Å². The number of nitrogens with one attached hydrogen (secondary N) is 1. The molecule has 2 heterocycles. The van der Waals surface area contributed by atoms with Crippen LogP contribution in [0.2, 0.25) is 0 Å². The molecule has 1 aromatic heterocycles. The van der Waals surface area contributed by atoms with Gasteiger partial charge in [-0.3, -0.25) is 0 Å². The molecule has 1 unspecified atom stereocenters. The number of ether oxygens (including phenoxy) is 2. The van der Waals surface area contributed by atoms with Gasteiger partial charge in [-0.05, 0) is 25.6 Å². The zero-order valence-corrected chi connectivity index (χ0v) is 12.5. The van der Waals surface area contributed by atoms with Gasteiger partial charge in [-0.1, -0.05) is 6.92 Å². The lowest BCUT2D eigenvalue weighted by Gasteiger charge is -2.11. The molecule has 0 saturated carbocycles. The molecule has 0 fully saturated rings. The lowest BCUT2D eigenvalue weighted by Crippen LogP contribution is -2.21. The molecule has 0 aliphatic carbocycles. The molecule has 1 aliphatic heterocycles. The average Bonchev–Trinajstić information content (AvgIpc) is 3.07.